The molecule has 1 amide bonds. The predicted octanol–water partition coefficient (Wildman–Crippen LogP) is 3.41. The molecule has 7 nitrogen and oxygen atoms in total. The summed E-state index contributed by atoms with van der Waals surface area (Å²) >= 11 is 1.47. The number of aromatic nitrogens is 3. The van der Waals surface area contributed by atoms with Gasteiger partial charge in [-0.3, -0.25) is 9.69 Å². The van der Waals surface area contributed by atoms with Gasteiger partial charge in [0.2, 0.25) is 5.95 Å². The molecule has 1 saturated heterocycles. The number of carbonyl (C=O) groups is 1. The zero-order valence-electron chi connectivity index (χ0n) is 18.8. The Morgan fingerprint density at radius 3 is 2.50 bits per heavy atom. The zero-order valence-corrected chi connectivity index (χ0v) is 19.6. The van der Waals surface area contributed by atoms with Gasteiger partial charge in [0.1, 0.15) is 9.88 Å². The zero-order chi connectivity index (χ0) is 22.3. The predicted molar refractivity (Wildman–Crippen MR) is 129 cm³/mol. The number of thiazole rings is 1. The third-order valence-corrected chi connectivity index (χ3v) is 6.96. The number of nitrogens with one attached hydrogen (secondary N) is 1. The minimum absolute atomic E-state index is 0.0255. The molecule has 8 heteroatoms. The fraction of sp³-hybridized carbons (Fsp3) is 0.417. The maximum absolute atomic E-state index is 12.7. The Balaban J connectivity index is 1.21. The molecular weight excluding hydrogens is 420 g/mol. The summed E-state index contributed by atoms with van der Waals surface area (Å²) in [5.41, 5.74) is 3.16. The van der Waals surface area contributed by atoms with Crippen LogP contribution in [0.3, 0.4) is 0 Å². The van der Waals surface area contributed by atoms with E-state index in [0.717, 1.165) is 67.8 Å². The van der Waals surface area contributed by atoms with Crippen molar-refractivity contribution in [1.82, 2.24) is 25.2 Å². The Kier molecular flexibility index (Phi) is 7.44. The van der Waals surface area contributed by atoms with Crippen LogP contribution in [0.15, 0.2) is 42.7 Å². The van der Waals surface area contributed by atoms with Crippen LogP contribution < -0.4 is 10.2 Å². The molecule has 4 rings (SSSR count). The van der Waals surface area contributed by atoms with Crippen molar-refractivity contribution in [3.63, 3.8) is 0 Å². The maximum atomic E-state index is 12.7. The van der Waals surface area contributed by atoms with E-state index in [1.807, 2.05) is 13.0 Å². The maximum Gasteiger partial charge on any atom is 0.263 e. The molecule has 3 aromatic rings. The number of benzene rings is 1. The van der Waals surface area contributed by atoms with E-state index < -0.39 is 0 Å². The van der Waals surface area contributed by atoms with Crippen molar-refractivity contribution < 1.29 is 4.79 Å². The molecule has 0 radical (unpaired) electrons. The highest BCUT2D eigenvalue weighted by Crippen LogP contribution is 2.28. The van der Waals surface area contributed by atoms with Gasteiger partial charge in [-0.1, -0.05) is 31.2 Å². The molecule has 1 N–H and O–H groups in total. The first kappa shape index (κ1) is 22.4. The fourth-order valence-corrected chi connectivity index (χ4v) is 4.81. The summed E-state index contributed by atoms with van der Waals surface area (Å²) in [6.07, 6.45) is 5.51. The van der Waals surface area contributed by atoms with Crippen LogP contribution in [0.5, 0.6) is 0 Å². The molecule has 168 valence electrons. The Hall–Kier alpha value is -2.84. The van der Waals surface area contributed by atoms with E-state index in [1.165, 1.54) is 16.9 Å². The summed E-state index contributed by atoms with van der Waals surface area (Å²) in [5.74, 6) is 0.780. The van der Waals surface area contributed by atoms with Gasteiger partial charge in [0.05, 0.1) is 5.69 Å². The summed E-state index contributed by atoms with van der Waals surface area (Å²) in [5, 5.41) is 3.97. The summed E-state index contributed by atoms with van der Waals surface area (Å²) in [6.45, 7) is 9.52. The quantitative estimate of drug-likeness (QED) is 0.530. The topological polar surface area (TPSA) is 74.2 Å². The first-order valence-electron chi connectivity index (χ1n) is 11.2. The van der Waals surface area contributed by atoms with Gasteiger partial charge in [-0.05, 0) is 37.9 Å². The number of hydrogen-bond acceptors (Lipinski definition) is 7. The van der Waals surface area contributed by atoms with Crippen LogP contribution in [-0.2, 0) is 6.42 Å². The highest BCUT2D eigenvalue weighted by Gasteiger charge is 2.19. The first-order valence-corrected chi connectivity index (χ1v) is 12.0. The fourth-order valence-electron chi connectivity index (χ4n) is 3.82. The molecule has 1 aliphatic rings. The van der Waals surface area contributed by atoms with Gasteiger partial charge in [0.25, 0.3) is 5.91 Å². The van der Waals surface area contributed by atoms with Crippen molar-refractivity contribution in [3.05, 3.63) is 58.9 Å². The lowest BCUT2D eigenvalue weighted by atomic mass is 10.1. The molecular formula is C24H30N6OS. The summed E-state index contributed by atoms with van der Waals surface area (Å²) in [4.78, 5) is 31.3. The second-order valence-electron chi connectivity index (χ2n) is 7.97. The van der Waals surface area contributed by atoms with Crippen molar-refractivity contribution in [2.45, 2.75) is 26.7 Å². The highest BCUT2D eigenvalue weighted by atomic mass is 32.1. The highest BCUT2D eigenvalue weighted by molar-refractivity contribution is 7.17. The SMILES string of the molecule is CCc1ccc(-c2nc(C)c(C(=O)NCCCN3CCN(c4ncccn4)CC3)s2)cc1. The van der Waals surface area contributed by atoms with Crippen molar-refractivity contribution in [3.8, 4) is 10.6 Å². The van der Waals surface area contributed by atoms with Crippen LogP contribution in [0.4, 0.5) is 5.95 Å². The van der Waals surface area contributed by atoms with Gasteiger partial charge in [0, 0.05) is 50.7 Å². The monoisotopic (exact) mass is 450 g/mol. The Morgan fingerprint density at radius 1 is 1.09 bits per heavy atom. The average Bonchev–Trinajstić information content (AvgIpc) is 3.24. The minimum Gasteiger partial charge on any atom is -0.351 e. The number of piperazine rings is 1. The Labute approximate surface area is 193 Å². The van der Waals surface area contributed by atoms with E-state index in [4.69, 9.17) is 0 Å². The molecule has 0 saturated carbocycles. The van der Waals surface area contributed by atoms with Gasteiger partial charge in [-0.25, -0.2) is 15.0 Å². The minimum atomic E-state index is -0.0255. The third kappa shape index (κ3) is 5.49. The number of nitrogens with zero attached hydrogens (tertiary/aromatic N) is 5. The van der Waals surface area contributed by atoms with E-state index in [1.54, 1.807) is 12.4 Å². The lowest BCUT2D eigenvalue weighted by molar-refractivity contribution is 0.0954. The summed E-state index contributed by atoms with van der Waals surface area (Å²) in [6, 6.07) is 10.3. The van der Waals surface area contributed by atoms with Crippen LogP contribution in [-0.4, -0.2) is 65.0 Å². The second-order valence-corrected chi connectivity index (χ2v) is 8.97. The van der Waals surface area contributed by atoms with Gasteiger partial charge in [-0.2, -0.15) is 0 Å². The summed E-state index contributed by atoms with van der Waals surface area (Å²) in [7, 11) is 0. The van der Waals surface area contributed by atoms with Crippen LogP contribution in [0.2, 0.25) is 0 Å². The number of amides is 1. The normalized spacial score (nSPS) is 14.5. The van der Waals surface area contributed by atoms with E-state index in [2.05, 4.69) is 61.3 Å². The van der Waals surface area contributed by atoms with E-state index >= 15 is 0 Å². The van der Waals surface area contributed by atoms with Crippen LogP contribution in [0.25, 0.3) is 10.6 Å². The van der Waals surface area contributed by atoms with Gasteiger partial charge in [-0.15, -0.1) is 11.3 Å². The first-order chi connectivity index (χ1) is 15.6. The number of carbonyl (C=O) groups excluding carboxylic acids is 1. The largest absolute Gasteiger partial charge is 0.351 e. The average molecular weight is 451 g/mol. The Morgan fingerprint density at radius 2 is 1.81 bits per heavy atom. The van der Waals surface area contributed by atoms with Gasteiger partial charge >= 0.3 is 0 Å². The lowest BCUT2D eigenvalue weighted by Crippen LogP contribution is -2.47. The van der Waals surface area contributed by atoms with Crippen LogP contribution in [0, 0.1) is 6.92 Å². The van der Waals surface area contributed by atoms with Gasteiger partial charge in [0.15, 0.2) is 0 Å². The number of aryl methyl sites for hydroxylation is 2. The molecule has 0 bridgehead atoms. The number of hydrogen-bond donors (Lipinski definition) is 1. The Bertz CT molecular complexity index is 1010. The lowest BCUT2D eigenvalue weighted by Gasteiger charge is -2.34. The van der Waals surface area contributed by atoms with Crippen molar-refractivity contribution in [2.24, 2.45) is 0 Å². The summed E-state index contributed by atoms with van der Waals surface area (Å²) < 4.78 is 0. The number of rotatable bonds is 8. The standard InChI is InChI=1S/C24H30N6OS/c1-3-19-6-8-20(9-7-19)23-28-18(2)21(32-23)22(31)25-12-5-13-29-14-16-30(17-15-29)24-26-10-4-11-27-24/h4,6-11H,3,5,12-17H2,1-2H3,(H,25,31). The van der Waals surface area contributed by atoms with Crippen molar-refractivity contribution in [1.29, 1.82) is 0 Å². The van der Waals surface area contributed by atoms with Crippen molar-refractivity contribution >= 4 is 23.2 Å². The van der Waals surface area contributed by atoms with Crippen LogP contribution >= 0.6 is 11.3 Å². The number of anilines is 1. The van der Waals surface area contributed by atoms with Crippen molar-refractivity contribution in [2.75, 3.05) is 44.2 Å². The molecule has 0 spiro atoms. The van der Waals surface area contributed by atoms with E-state index in [-0.39, 0.29) is 5.91 Å². The smallest absolute Gasteiger partial charge is 0.263 e. The molecule has 0 atom stereocenters. The van der Waals surface area contributed by atoms with Crippen LogP contribution in [0.1, 0.15) is 34.3 Å². The molecule has 0 unspecified atom stereocenters. The molecule has 3 heterocycles. The van der Waals surface area contributed by atoms with E-state index in [9.17, 15) is 4.79 Å². The molecule has 1 aliphatic heterocycles. The molecule has 32 heavy (non-hydrogen) atoms. The molecule has 2 aromatic heterocycles. The van der Waals surface area contributed by atoms with Gasteiger partial charge < -0.3 is 10.2 Å². The molecule has 1 aromatic carbocycles. The van der Waals surface area contributed by atoms with E-state index in [0.29, 0.717) is 11.4 Å². The second kappa shape index (κ2) is 10.7. The molecule has 0 aliphatic carbocycles. The molecule has 1 fully saturated rings. The third-order valence-electron chi connectivity index (χ3n) is 5.76.